The van der Waals surface area contributed by atoms with Gasteiger partial charge in [0.15, 0.2) is 0 Å². The van der Waals surface area contributed by atoms with Crippen LogP contribution in [-0.2, 0) is 0 Å². The number of carbonyl (C=O) groups is 1. The summed E-state index contributed by atoms with van der Waals surface area (Å²) in [5, 5.41) is 3.33. The van der Waals surface area contributed by atoms with Gasteiger partial charge in [-0.3, -0.25) is 4.79 Å². The number of hydrogen-bond acceptors (Lipinski definition) is 2. The zero-order chi connectivity index (χ0) is 14.0. The van der Waals surface area contributed by atoms with Gasteiger partial charge in [0.1, 0.15) is 0 Å². The first-order chi connectivity index (χ1) is 8.99. The zero-order valence-electron chi connectivity index (χ0n) is 10.8. The molecule has 0 heterocycles. The molecule has 0 saturated heterocycles. The lowest BCUT2D eigenvalue weighted by atomic mass is 10.1. The van der Waals surface area contributed by atoms with E-state index in [2.05, 4.69) is 5.32 Å². The first kappa shape index (κ1) is 13.4. The first-order valence-electron chi connectivity index (χ1n) is 5.91. The molecule has 0 aliphatic carbocycles. The summed E-state index contributed by atoms with van der Waals surface area (Å²) in [5.41, 5.74) is 9.25. The van der Waals surface area contributed by atoms with E-state index in [4.69, 9.17) is 17.3 Å². The number of carbonyl (C=O) groups excluding carboxylic acids is 1. The summed E-state index contributed by atoms with van der Waals surface area (Å²) in [7, 11) is 0. The molecule has 2 aromatic carbocycles. The van der Waals surface area contributed by atoms with Crippen LogP contribution in [0.4, 0.5) is 11.4 Å². The Balaban J connectivity index is 2.34. The highest BCUT2D eigenvalue weighted by molar-refractivity contribution is 6.34. The van der Waals surface area contributed by atoms with E-state index in [1.165, 1.54) is 0 Å². The third-order valence-corrected chi connectivity index (χ3v) is 3.23. The van der Waals surface area contributed by atoms with Crippen molar-refractivity contribution in [3.63, 3.8) is 0 Å². The lowest BCUT2D eigenvalue weighted by Gasteiger charge is -2.12. The molecule has 4 heteroatoms. The number of nitrogens with two attached hydrogens (primary N) is 1. The van der Waals surface area contributed by atoms with E-state index < -0.39 is 0 Å². The van der Waals surface area contributed by atoms with Crippen molar-refractivity contribution in [2.75, 3.05) is 11.1 Å². The van der Waals surface area contributed by atoms with Gasteiger partial charge in [0, 0.05) is 5.69 Å². The summed E-state index contributed by atoms with van der Waals surface area (Å²) in [6.07, 6.45) is 0. The summed E-state index contributed by atoms with van der Waals surface area (Å²) >= 11 is 6.09. The fourth-order valence-electron chi connectivity index (χ4n) is 1.84. The van der Waals surface area contributed by atoms with Crippen LogP contribution in [0.1, 0.15) is 21.5 Å². The molecule has 0 bridgehead atoms. The third-order valence-electron chi connectivity index (χ3n) is 2.91. The third kappa shape index (κ3) is 2.88. The maximum absolute atomic E-state index is 12.2. The van der Waals surface area contributed by atoms with Crippen molar-refractivity contribution in [2.24, 2.45) is 0 Å². The summed E-state index contributed by atoms with van der Waals surface area (Å²) in [5.74, 6) is -0.252. The Morgan fingerprint density at radius 2 is 1.95 bits per heavy atom. The summed E-state index contributed by atoms with van der Waals surface area (Å²) in [6.45, 7) is 3.80. The minimum absolute atomic E-state index is 0.252. The highest BCUT2D eigenvalue weighted by Crippen LogP contribution is 2.26. The minimum Gasteiger partial charge on any atom is -0.398 e. The fraction of sp³-hybridized carbons (Fsp3) is 0.133. The van der Waals surface area contributed by atoms with Gasteiger partial charge in [-0.1, -0.05) is 35.4 Å². The lowest BCUT2D eigenvalue weighted by Crippen LogP contribution is -2.15. The van der Waals surface area contributed by atoms with Crippen LogP contribution >= 0.6 is 11.6 Å². The Hall–Kier alpha value is -2.00. The Morgan fingerprint density at radius 1 is 1.21 bits per heavy atom. The van der Waals surface area contributed by atoms with Gasteiger partial charge in [-0.05, 0) is 37.6 Å². The van der Waals surface area contributed by atoms with Crippen LogP contribution in [0.25, 0.3) is 0 Å². The van der Waals surface area contributed by atoms with E-state index in [1.807, 2.05) is 32.0 Å². The zero-order valence-corrected chi connectivity index (χ0v) is 11.6. The SMILES string of the molecule is Cc1ccc(N)c(C(=O)Nc2c(C)cccc2Cl)c1. The first-order valence-corrected chi connectivity index (χ1v) is 6.29. The van der Waals surface area contributed by atoms with E-state index in [9.17, 15) is 4.79 Å². The molecule has 0 atom stereocenters. The molecule has 0 saturated carbocycles. The Kier molecular flexibility index (Phi) is 3.76. The normalized spacial score (nSPS) is 10.3. The van der Waals surface area contributed by atoms with Crippen LogP contribution < -0.4 is 11.1 Å². The topological polar surface area (TPSA) is 55.1 Å². The number of para-hydroxylation sites is 1. The molecular formula is C15H15ClN2O. The number of nitrogen functional groups attached to an aromatic ring is 1. The van der Waals surface area contributed by atoms with E-state index >= 15 is 0 Å². The van der Waals surface area contributed by atoms with Crippen molar-refractivity contribution >= 4 is 28.9 Å². The molecule has 2 rings (SSSR count). The van der Waals surface area contributed by atoms with Crippen molar-refractivity contribution in [3.8, 4) is 0 Å². The van der Waals surface area contributed by atoms with Crippen LogP contribution in [0.15, 0.2) is 36.4 Å². The Labute approximate surface area is 117 Å². The molecule has 0 radical (unpaired) electrons. The van der Waals surface area contributed by atoms with E-state index in [1.54, 1.807) is 18.2 Å². The highest BCUT2D eigenvalue weighted by atomic mass is 35.5. The van der Waals surface area contributed by atoms with E-state index in [0.29, 0.717) is 22.0 Å². The van der Waals surface area contributed by atoms with Gasteiger partial charge in [-0.25, -0.2) is 0 Å². The standard InChI is InChI=1S/C15H15ClN2O/c1-9-6-7-13(17)11(8-9)15(19)18-14-10(2)4-3-5-12(14)16/h3-8H,17H2,1-2H3,(H,18,19). The Morgan fingerprint density at radius 3 is 2.63 bits per heavy atom. The van der Waals surface area contributed by atoms with Crippen LogP contribution in [-0.4, -0.2) is 5.91 Å². The molecule has 0 unspecified atom stereocenters. The number of anilines is 2. The minimum atomic E-state index is -0.252. The van der Waals surface area contributed by atoms with Gasteiger partial charge < -0.3 is 11.1 Å². The van der Waals surface area contributed by atoms with Crippen LogP contribution in [0.2, 0.25) is 5.02 Å². The van der Waals surface area contributed by atoms with Crippen LogP contribution in [0, 0.1) is 13.8 Å². The molecule has 1 amide bonds. The molecule has 2 aromatic rings. The summed E-state index contributed by atoms with van der Waals surface area (Å²) in [6, 6.07) is 10.8. The van der Waals surface area contributed by atoms with Gasteiger partial charge in [0.25, 0.3) is 5.91 Å². The second-order valence-electron chi connectivity index (χ2n) is 4.48. The maximum atomic E-state index is 12.2. The van der Waals surface area contributed by atoms with Crippen molar-refractivity contribution in [1.82, 2.24) is 0 Å². The number of aryl methyl sites for hydroxylation is 2. The van der Waals surface area contributed by atoms with Crippen molar-refractivity contribution in [3.05, 3.63) is 58.1 Å². The predicted octanol–water partition coefficient (Wildman–Crippen LogP) is 3.79. The molecule has 98 valence electrons. The van der Waals surface area contributed by atoms with Crippen molar-refractivity contribution in [2.45, 2.75) is 13.8 Å². The van der Waals surface area contributed by atoms with Crippen LogP contribution in [0.5, 0.6) is 0 Å². The van der Waals surface area contributed by atoms with Gasteiger partial charge in [0.05, 0.1) is 16.3 Å². The molecule has 0 aliphatic rings. The average molecular weight is 275 g/mol. The quantitative estimate of drug-likeness (QED) is 0.819. The number of benzene rings is 2. The van der Waals surface area contributed by atoms with Crippen molar-refractivity contribution in [1.29, 1.82) is 0 Å². The number of amides is 1. The molecule has 19 heavy (non-hydrogen) atoms. The second-order valence-corrected chi connectivity index (χ2v) is 4.88. The number of hydrogen-bond donors (Lipinski definition) is 2. The lowest BCUT2D eigenvalue weighted by molar-refractivity contribution is 0.102. The fourth-order valence-corrected chi connectivity index (χ4v) is 2.11. The maximum Gasteiger partial charge on any atom is 0.257 e. The molecule has 0 aliphatic heterocycles. The number of rotatable bonds is 2. The molecule has 0 aromatic heterocycles. The van der Waals surface area contributed by atoms with E-state index in [-0.39, 0.29) is 5.91 Å². The van der Waals surface area contributed by atoms with E-state index in [0.717, 1.165) is 11.1 Å². The largest absolute Gasteiger partial charge is 0.398 e. The second kappa shape index (κ2) is 5.33. The van der Waals surface area contributed by atoms with Crippen molar-refractivity contribution < 1.29 is 4.79 Å². The molecule has 3 nitrogen and oxygen atoms in total. The van der Waals surface area contributed by atoms with Gasteiger partial charge >= 0.3 is 0 Å². The van der Waals surface area contributed by atoms with Gasteiger partial charge in [0.2, 0.25) is 0 Å². The highest BCUT2D eigenvalue weighted by Gasteiger charge is 2.13. The summed E-state index contributed by atoms with van der Waals surface area (Å²) < 4.78 is 0. The number of nitrogens with one attached hydrogen (secondary N) is 1. The number of halogens is 1. The van der Waals surface area contributed by atoms with Crippen LogP contribution in [0.3, 0.4) is 0 Å². The van der Waals surface area contributed by atoms with Gasteiger partial charge in [-0.15, -0.1) is 0 Å². The molecule has 3 N–H and O–H groups in total. The predicted molar refractivity (Wildman–Crippen MR) is 79.7 cm³/mol. The molecule has 0 spiro atoms. The van der Waals surface area contributed by atoms with Gasteiger partial charge in [-0.2, -0.15) is 0 Å². The molecular weight excluding hydrogens is 260 g/mol. The molecule has 0 fully saturated rings. The monoisotopic (exact) mass is 274 g/mol. The smallest absolute Gasteiger partial charge is 0.257 e. The Bertz CT molecular complexity index is 618. The summed E-state index contributed by atoms with van der Waals surface area (Å²) in [4.78, 5) is 12.2. The average Bonchev–Trinajstić information content (AvgIpc) is 2.37.